The van der Waals surface area contributed by atoms with Gasteiger partial charge in [-0.25, -0.2) is 0 Å². The number of hydrogen-bond donors (Lipinski definition) is 3. The molecule has 0 heterocycles. The quantitative estimate of drug-likeness (QED) is 0.556. The Morgan fingerprint density at radius 1 is 1.29 bits per heavy atom. The highest BCUT2D eigenvalue weighted by Gasteiger charge is 2.19. The molecule has 0 aromatic heterocycles. The summed E-state index contributed by atoms with van der Waals surface area (Å²) in [6.07, 6.45) is 5.39. The van der Waals surface area contributed by atoms with Crippen LogP contribution in [-0.4, -0.2) is 48.7 Å². The maximum absolute atomic E-state index is 9.68. The molecular weight excluding hydrogens is 218 g/mol. The minimum Gasteiger partial charge on any atom is -0.396 e. The number of ether oxygens (including phenoxy) is 1. The maximum atomic E-state index is 9.68. The molecule has 4 nitrogen and oxygen atoms in total. The summed E-state index contributed by atoms with van der Waals surface area (Å²) in [4.78, 5) is 0. The van der Waals surface area contributed by atoms with Crippen molar-refractivity contribution >= 4 is 0 Å². The molecule has 0 amide bonds. The molecule has 0 aromatic carbocycles. The molecule has 102 valence electrons. The van der Waals surface area contributed by atoms with Crippen molar-refractivity contribution in [3.8, 4) is 0 Å². The molecule has 0 aromatic rings. The summed E-state index contributed by atoms with van der Waals surface area (Å²) in [5, 5.41) is 21.4. The lowest BCUT2D eigenvalue weighted by Gasteiger charge is -2.27. The van der Waals surface area contributed by atoms with Gasteiger partial charge in [-0.2, -0.15) is 0 Å². The molecule has 1 unspecified atom stereocenters. The van der Waals surface area contributed by atoms with Crippen LogP contribution < -0.4 is 5.32 Å². The summed E-state index contributed by atoms with van der Waals surface area (Å²) >= 11 is 0. The lowest BCUT2D eigenvalue weighted by Crippen LogP contribution is -2.33. The molecule has 17 heavy (non-hydrogen) atoms. The zero-order valence-corrected chi connectivity index (χ0v) is 10.9. The largest absolute Gasteiger partial charge is 0.396 e. The van der Waals surface area contributed by atoms with E-state index in [2.05, 4.69) is 12.2 Å². The van der Waals surface area contributed by atoms with Gasteiger partial charge in [-0.05, 0) is 44.6 Å². The van der Waals surface area contributed by atoms with Gasteiger partial charge < -0.3 is 20.3 Å². The average molecular weight is 245 g/mol. The number of nitrogens with one attached hydrogen (secondary N) is 1. The van der Waals surface area contributed by atoms with Crippen LogP contribution in [0.25, 0.3) is 0 Å². The third kappa shape index (κ3) is 6.99. The first-order valence-electron chi connectivity index (χ1n) is 6.83. The molecule has 0 bridgehead atoms. The summed E-state index contributed by atoms with van der Waals surface area (Å²) in [7, 11) is 0. The smallest absolute Gasteiger partial charge is 0.0897 e. The van der Waals surface area contributed by atoms with Crippen LogP contribution in [-0.2, 0) is 4.74 Å². The zero-order valence-electron chi connectivity index (χ0n) is 10.9. The van der Waals surface area contributed by atoms with Gasteiger partial charge in [0.05, 0.1) is 18.8 Å². The molecule has 0 spiro atoms. The molecule has 1 aliphatic carbocycles. The summed E-state index contributed by atoms with van der Waals surface area (Å²) < 4.78 is 5.71. The average Bonchev–Trinajstić information content (AvgIpc) is 2.34. The SMILES string of the molecule is CC1CCC(OCC(O)CNCCCO)CC1. The molecule has 4 heteroatoms. The second-order valence-electron chi connectivity index (χ2n) is 5.15. The van der Waals surface area contributed by atoms with E-state index in [-0.39, 0.29) is 6.61 Å². The van der Waals surface area contributed by atoms with Crippen LogP contribution in [0.2, 0.25) is 0 Å². The fourth-order valence-corrected chi connectivity index (χ4v) is 2.17. The minimum atomic E-state index is -0.437. The Bertz CT molecular complexity index is 182. The van der Waals surface area contributed by atoms with E-state index in [4.69, 9.17) is 9.84 Å². The predicted molar refractivity (Wildman–Crippen MR) is 68.0 cm³/mol. The second-order valence-corrected chi connectivity index (χ2v) is 5.15. The Labute approximate surface area is 104 Å². The van der Waals surface area contributed by atoms with Crippen LogP contribution in [0, 0.1) is 5.92 Å². The topological polar surface area (TPSA) is 61.7 Å². The Morgan fingerprint density at radius 3 is 2.65 bits per heavy atom. The van der Waals surface area contributed by atoms with Crippen molar-refractivity contribution in [2.75, 3.05) is 26.3 Å². The van der Waals surface area contributed by atoms with E-state index in [1.807, 2.05) is 0 Å². The molecule has 1 rings (SSSR count). The Kier molecular flexibility index (Phi) is 7.77. The second kappa shape index (κ2) is 8.86. The standard InChI is InChI=1S/C13H27NO3/c1-11-3-5-13(6-4-11)17-10-12(16)9-14-7-2-8-15/h11-16H,2-10H2,1H3. The van der Waals surface area contributed by atoms with Crippen LogP contribution >= 0.6 is 0 Å². The zero-order chi connectivity index (χ0) is 12.5. The van der Waals surface area contributed by atoms with Crippen molar-refractivity contribution in [1.82, 2.24) is 5.32 Å². The predicted octanol–water partition coefficient (Wildman–Crippen LogP) is 0.915. The van der Waals surface area contributed by atoms with Crippen LogP contribution in [0.1, 0.15) is 39.0 Å². The van der Waals surface area contributed by atoms with Crippen LogP contribution in [0.3, 0.4) is 0 Å². The summed E-state index contributed by atoms with van der Waals surface area (Å²) in [5.74, 6) is 0.833. The molecule has 3 N–H and O–H groups in total. The van der Waals surface area contributed by atoms with E-state index < -0.39 is 6.10 Å². The number of hydrogen-bond acceptors (Lipinski definition) is 4. The first-order chi connectivity index (χ1) is 8.22. The highest BCUT2D eigenvalue weighted by Crippen LogP contribution is 2.25. The normalized spacial score (nSPS) is 27.0. The van der Waals surface area contributed by atoms with E-state index in [1.54, 1.807) is 0 Å². The third-order valence-electron chi connectivity index (χ3n) is 3.38. The van der Waals surface area contributed by atoms with E-state index in [0.717, 1.165) is 31.7 Å². The number of rotatable bonds is 8. The van der Waals surface area contributed by atoms with Gasteiger partial charge in [0.25, 0.3) is 0 Å². The van der Waals surface area contributed by atoms with Gasteiger partial charge in [0, 0.05) is 13.2 Å². The number of aliphatic hydroxyl groups excluding tert-OH is 2. The molecule has 1 fully saturated rings. The summed E-state index contributed by atoms with van der Waals surface area (Å²) in [6, 6.07) is 0. The maximum Gasteiger partial charge on any atom is 0.0897 e. The van der Waals surface area contributed by atoms with Gasteiger partial charge in [0.2, 0.25) is 0 Å². The fraction of sp³-hybridized carbons (Fsp3) is 1.00. The van der Waals surface area contributed by atoms with Crippen molar-refractivity contribution in [1.29, 1.82) is 0 Å². The van der Waals surface area contributed by atoms with Crippen LogP contribution in [0.4, 0.5) is 0 Å². The minimum absolute atomic E-state index is 0.194. The first-order valence-corrected chi connectivity index (χ1v) is 6.83. The van der Waals surface area contributed by atoms with Crippen molar-refractivity contribution in [3.05, 3.63) is 0 Å². The third-order valence-corrected chi connectivity index (χ3v) is 3.38. The van der Waals surface area contributed by atoms with Crippen molar-refractivity contribution in [2.45, 2.75) is 51.2 Å². The fourth-order valence-electron chi connectivity index (χ4n) is 2.17. The van der Waals surface area contributed by atoms with Crippen LogP contribution in [0.15, 0.2) is 0 Å². The van der Waals surface area contributed by atoms with Gasteiger partial charge >= 0.3 is 0 Å². The van der Waals surface area contributed by atoms with Gasteiger partial charge in [-0.15, -0.1) is 0 Å². The van der Waals surface area contributed by atoms with Crippen molar-refractivity contribution in [3.63, 3.8) is 0 Å². The Balaban J connectivity index is 1.97. The highest BCUT2D eigenvalue weighted by atomic mass is 16.5. The lowest BCUT2D eigenvalue weighted by atomic mass is 9.89. The summed E-state index contributed by atoms with van der Waals surface area (Å²) in [5.41, 5.74) is 0. The molecule has 0 saturated heterocycles. The van der Waals surface area contributed by atoms with E-state index in [0.29, 0.717) is 19.3 Å². The van der Waals surface area contributed by atoms with Crippen LogP contribution in [0.5, 0.6) is 0 Å². The Hall–Kier alpha value is -0.160. The molecular formula is C13H27NO3. The van der Waals surface area contributed by atoms with Gasteiger partial charge in [-0.1, -0.05) is 6.92 Å². The van der Waals surface area contributed by atoms with Crippen molar-refractivity contribution < 1.29 is 14.9 Å². The van der Waals surface area contributed by atoms with Crippen molar-refractivity contribution in [2.24, 2.45) is 5.92 Å². The lowest BCUT2D eigenvalue weighted by molar-refractivity contribution is -0.0278. The molecule has 1 aliphatic rings. The molecule has 1 saturated carbocycles. The molecule has 0 radical (unpaired) electrons. The monoisotopic (exact) mass is 245 g/mol. The highest BCUT2D eigenvalue weighted by molar-refractivity contribution is 4.70. The van der Waals surface area contributed by atoms with Gasteiger partial charge in [-0.3, -0.25) is 0 Å². The van der Waals surface area contributed by atoms with E-state index >= 15 is 0 Å². The van der Waals surface area contributed by atoms with E-state index in [1.165, 1.54) is 12.8 Å². The Morgan fingerprint density at radius 2 is 2.00 bits per heavy atom. The molecule has 1 atom stereocenters. The van der Waals surface area contributed by atoms with Gasteiger partial charge in [0.15, 0.2) is 0 Å². The van der Waals surface area contributed by atoms with E-state index in [9.17, 15) is 5.11 Å². The number of aliphatic hydroxyl groups is 2. The first kappa shape index (κ1) is 14.9. The summed E-state index contributed by atoms with van der Waals surface area (Å²) in [6.45, 7) is 4.19. The van der Waals surface area contributed by atoms with Gasteiger partial charge in [0.1, 0.15) is 0 Å². The molecule has 0 aliphatic heterocycles.